The van der Waals surface area contributed by atoms with E-state index in [0.717, 1.165) is 29.8 Å². The topological polar surface area (TPSA) is 54.0 Å². The molecule has 1 aliphatic heterocycles. The molecule has 0 bridgehead atoms. The summed E-state index contributed by atoms with van der Waals surface area (Å²) >= 11 is 3.26. The first kappa shape index (κ1) is 13.5. The van der Waals surface area contributed by atoms with Crippen LogP contribution in [0, 0.1) is 5.92 Å². The van der Waals surface area contributed by atoms with Gasteiger partial charge in [-0.05, 0) is 66.3 Å². The minimum atomic E-state index is 0.0738. The number of hydrogen-bond acceptors (Lipinski definition) is 3. The summed E-state index contributed by atoms with van der Waals surface area (Å²) < 4.78 is 0.772. The van der Waals surface area contributed by atoms with Crippen molar-refractivity contribution in [2.24, 2.45) is 5.92 Å². The van der Waals surface area contributed by atoms with E-state index >= 15 is 0 Å². The van der Waals surface area contributed by atoms with Crippen LogP contribution in [0.15, 0.2) is 22.9 Å². The Labute approximate surface area is 116 Å². The molecule has 2 N–H and O–H groups in total. The third kappa shape index (κ3) is 4.38. The van der Waals surface area contributed by atoms with E-state index in [-0.39, 0.29) is 5.91 Å². The van der Waals surface area contributed by atoms with E-state index in [1.165, 1.54) is 12.8 Å². The van der Waals surface area contributed by atoms with Crippen LogP contribution in [-0.4, -0.2) is 24.0 Å². The Morgan fingerprint density at radius 1 is 1.56 bits per heavy atom. The van der Waals surface area contributed by atoms with Crippen LogP contribution in [0.5, 0.6) is 0 Å². The lowest BCUT2D eigenvalue weighted by atomic mass is 9.94. The molecule has 1 saturated heterocycles. The summed E-state index contributed by atoms with van der Waals surface area (Å²) in [5, 5.41) is 6.23. The number of aromatic nitrogens is 1. The van der Waals surface area contributed by atoms with Gasteiger partial charge in [-0.2, -0.15) is 0 Å². The first-order valence-corrected chi connectivity index (χ1v) is 7.15. The monoisotopic (exact) mass is 311 g/mol. The maximum atomic E-state index is 11.8. The van der Waals surface area contributed by atoms with Crippen molar-refractivity contribution < 1.29 is 4.79 Å². The Hall–Kier alpha value is -0.940. The molecule has 0 spiro atoms. The van der Waals surface area contributed by atoms with Gasteiger partial charge in [0, 0.05) is 6.42 Å². The second-order valence-electron chi connectivity index (χ2n) is 4.67. The predicted molar refractivity (Wildman–Crippen MR) is 75.4 cm³/mol. The molecule has 0 aromatic carbocycles. The lowest BCUT2D eigenvalue weighted by molar-refractivity contribution is -0.116. The molecule has 0 saturated carbocycles. The standard InChI is InChI=1S/C13H18BrN3O/c14-12-5-4-11(9-16-12)17-13(18)6-3-10-2-1-7-15-8-10/h4-5,9-10,15H,1-3,6-8H2,(H,17,18). The Balaban J connectivity index is 1.73. The predicted octanol–water partition coefficient (Wildman–Crippen LogP) is 2.56. The van der Waals surface area contributed by atoms with Crippen LogP contribution in [0.1, 0.15) is 25.7 Å². The summed E-state index contributed by atoms with van der Waals surface area (Å²) in [6.07, 6.45) is 5.67. The molecule has 2 rings (SSSR count). The zero-order valence-electron chi connectivity index (χ0n) is 10.3. The number of anilines is 1. The van der Waals surface area contributed by atoms with Gasteiger partial charge in [-0.1, -0.05) is 0 Å². The molecule has 1 atom stereocenters. The normalized spacial score (nSPS) is 19.5. The van der Waals surface area contributed by atoms with Crippen molar-refractivity contribution in [1.29, 1.82) is 0 Å². The van der Waals surface area contributed by atoms with Gasteiger partial charge in [-0.15, -0.1) is 0 Å². The van der Waals surface area contributed by atoms with Gasteiger partial charge in [0.1, 0.15) is 4.60 Å². The van der Waals surface area contributed by atoms with E-state index in [9.17, 15) is 4.79 Å². The highest BCUT2D eigenvalue weighted by atomic mass is 79.9. The molecule has 1 unspecified atom stereocenters. The van der Waals surface area contributed by atoms with Crippen LogP contribution >= 0.6 is 15.9 Å². The van der Waals surface area contributed by atoms with Crippen LogP contribution in [-0.2, 0) is 4.79 Å². The quantitative estimate of drug-likeness (QED) is 0.840. The SMILES string of the molecule is O=C(CCC1CCCNC1)Nc1ccc(Br)nc1. The molecule has 0 radical (unpaired) electrons. The van der Waals surface area contributed by atoms with E-state index in [1.54, 1.807) is 6.20 Å². The average Bonchev–Trinajstić information content (AvgIpc) is 2.40. The molecule has 1 aliphatic rings. The molecule has 1 amide bonds. The lowest BCUT2D eigenvalue weighted by Gasteiger charge is -2.22. The zero-order valence-corrected chi connectivity index (χ0v) is 11.9. The van der Waals surface area contributed by atoms with Crippen molar-refractivity contribution in [3.63, 3.8) is 0 Å². The largest absolute Gasteiger partial charge is 0.325 e. The number of nitrogens with zero attached hydrogens (tertiary/aromatic N) is 1. The Bertz CT molecular complexity index is 388. The number of halogens is 1. The highest BCUT2D eigenvalue weighted by Crippen LogP contribution is 2.17. The first-order valence-electron chi connectivity index (χ1n) is 6.36. The van der Waals surface area contributed by atoms with Gasteiger partial charge in [0.25, 0.3) is 0 Å². The summed E-state index contributed by atoms with van der Waals surface area (Å²) in [6, 6.07) is 3.66. The summed E-state index contributed by atoms with van der Waals surface area (Å²) in [5.41, 5.74) is 0.755. The molecular formula is C13H18BrN3O. The van der Waals surface area contributed by atoms with Gasteiger partial charge < -0.3 is 10.6 Å². The molecule has 1 aromatic rings. The minimum absolute atomic E-state index is 0.0738. The Morgan fingerprint density at radius 2 is 2.44 bits per heavy atom. The molecule has 18 heavy (non-hydrogen) atoms. The van der Waals surface area contributed by atoms with Gasteiger partial charge in [0.2, 0.25) is 5.91 Å². The maximum absolute atomic E-state index is 11.8. The molecular weight excluding hydrogens is 294 g/mol. The third-order valence-electron chi connectivity index (χ3n) is 3.19. The second-order valence-corrected chi connectivity index (χ2v) is 5.48. The summed E-state index contributed by atoms with van der Waals surface area (Å²) in [7, 11) is 0. The van der Waals surface area contributed by atoms with Crippen molar-refractivity contribution in [3.05, 3.63) is 22.9 Å². The Kier molecular flexibility index (Phi) is 5.13. The third-order valence-corrected chi connectivity index (χ3v) is 3.66. The molecule has 5 heteroatoms. The van der Waals surface area contributed by atoms with E-state index in [2.05, 4.69) is 31.5 Å². The smallest absolute Gasteiger partial charge is 0.224 e. The van der Waals surface area contributed by atoms with E-state index in [0.29, 0.717) is 12.3 Å². The number of carbonyl (C=O) groups excluding carboxylic acids is 1. The fourth-order valence-electron chi connectivity index (χ4n) is 2.18. The number of nitrogens with one attached hydrogen (secondary N) is 2. The van der Waals surface area contributed by atoms with Crippen molar-refractivity contribution in [3.8, 4) is 0 Å². The first-order chi connectivity index (χ1) is 8.74. The van der Waals surface area contributed by atoms with Crippen LogP contribution in [0.4, 0.5) is 5.69 Å². The van der Waals surface area contributed by atoms with Crippen molar-refractivity contribution in [1.82, 2.24) is 10.3 Å². The second kappa shape index (κ2) is 6.85. The number of carbonyl (C=O) groups is 1. The number of piperidine rings is 1. The fourth-order valence-corrected chi connectivity index (χ4v) is 2.41. The fraction of sp³-hybridized carbons (Fsp3) is 0.538. The van der Waals surface area contributed by atoms with Gasteiger partial charge in [0.05, 0.1) is 11.9 Å². The van der Waals surface area contributed by atoms with Gasteiger partial charge >= 0.3 is 0 Å². The number of amides is 1. The zero-order chi connectivity index (χ0) is 12.8. The highest BCUT2D eigenvalue weighted by Gasteiger charge is 2.14. The van der Waals surface area contributed by atoms with E-state index in [1.807, 2.05) is 12.1 Å². The van der Waals surface area contributed by atoms with Crippen molar-refractivity contribution >= 4 is 27.5 Å². The van der Waals surface area contributed by atoms with Crippen molar-refractivity contribution in [2.75, 3.05) is 18.4 Å². The maximum Gasteiger partial charge on any atom is 0.224 e. The van der Waals surface area contributed by atoms with E-state index < -0.39 is 0 Å². The van der Waals surface area contributed by atoms with Gasteiger partial charge in [0.15, 0.2) is 0 Å². The molecule has 1 aromatic heterocycles. The number of hydrogen-bond donors (Lipinski definition) is 2. The molecule has 2 heterocycles. The summed E-state index contributed by atoms with van der Waals surface area (Å²) in [5.74, 6) is 0.720. The van der Waals surface area contributed by atoms with Crippen LogP contribution < -0.4 is 10.6 Å². The molecule has 0 aliphatic carbocycles. The lowest BCUT2D eigenvalue weighted by Crippen LogP contribution is -2.30. The van der Waals surface area contributed by atoms with E-state index in [4.69, 9.17) is 0 Å². The molecule has 4 nitrogen and oxygen atoms in total. The minimum Gasteiger partial charge on any atom is -0.325 e. The number of pyridine rings is 1. The van der Waals surface area contributed by atoms with Crippen LogP contribution in [0.2, 0.25) is 0 Å². The number of rotatable bonds is 4. The van der Waals surface area contributed by atoms with Crippen molar-refractivity contribution in [2.45, 2.75) is 25.7 Å². The van der Waals surface area contributed by atoms with Crippen LogP contribution in [0.25, 0.3) is 0 Å². The summed E-state index contributed by atoms with van der Waals surface area (Å²) in [4.78, 5) is 15.8. The Morgan fingerprint density at radius 3 is 3.11 bits per heavy atom. The molecule has 1 fully saturated rings. The highest BCUT2D eigenvalue weighted by molar-refractivity contribution is 9.10. The average molecular weight is 312 g/mol. The van der Waals surface area contributed by atoms with Gasteiger partial charge in [-0.25, -0.2) is 4.98 Å². The summed E-state index contributed by atoms with van der Waals surface area (Å²) in [6.45, 7) is 2.17. The molecule has 98 valence electrons. The van der Waals surface area contributed by atoms with Gasteiger partial charge in [-0.3, -0.25) is 4.79 Å². The van der Waals surface area contributed by atoms with Crippen LogP contribution in [0.3, 0.4) is 0 Å².